The first-order valence-electron chi connectivity index (χ1n) is 5.59. The summed E-state index contributed by atoms with van der Waals surface area (Å²) in [6.45, 7) is 0. The van der Waals surface area contributed by atoms with E-state index in [1.165, 1.54) is 38.4 Å². The molecular weight excluding hydrogens is 280 g/mol. The van der Waals surface area contributed by atoms with Crippen molar-refractivity contribution in [3.63, 3.8) is 0 Å². The van der Waals surface area contributed by atoms with Gasteiger partial charge in [-0.3, -0.25) is 9.59 Å². The molecule has 0 aliphatic heterocycles. The Bertz CT molecular complexity index is 846. The van der Waals surface area contributed by atoms with E-state index in [0.29, 0.717) is 10.5 Å². The molecule has 0 aliphatic carbocycles. The number of aromatic nitrogens is 2. The molecule has 1 aromatic carbocycles. The molecule has 0 radical (unpaired) electrons. The lowest BCUT2D eigenvalue weighted by molar-refractivity contribution is 0.754. The first-order chi connectivity index (χ1) is 9.20. The summed E-state index contributed by atoms with van der Waals surface area (Å²) in [4.78, 5) is 24.9. The van der Waals surface area contributed by atoms with Crippen molar-refractivity contribution >= 4 is 27.9 Å². The summed E-state index contributed by atoms with van der Waals surface area (Å²) in [5.41, 5.74) is 0.301. The van der Waals surface area contributed by atoms with Crippen LogP contribution in [0.15, 0.2) is 56.3 Å². The van der Waals surface area contributed by atoms with Crippen LogP contribution in [0, 0.1) is 0 Å². The Kier molecular flexibility index (Phi) is 3.04. The van der Waals surface area contributed by atoms with Gasteiger partial charge in [-0.15, -0.1) is 23.1 Å². The molecule has 0 unspecified atom stereocenters. The molecule has 0 spiro atoms. The van der Waals surface area contributed by atoms with E-state index in [2.05, 4.69) is 0 Å². The van der Waals surface area contributed by atoms with Crippen molar-refractivity contribution < 1.29 is 0 Å². The maximum Gasteiger partial charge on any atom is 0.273 e. The zero-order valence-electron chi connectivity index (χ0n) is 10.1. The normalized spacial score (nSPS) is 11.0. The van der Waals surface area contributed by atoms with Gasteiger partial charge in [0, 0.05) is 12.1 Å². The number of hydrogen-bond donors (Lipinski definition) is 0. The first kappa shape index (κ1) is 12.3. The van der Waals surface area contributed by atoms with E-state index in [4.69, 9.17) is 0 Å². The Morgan fingerprint density at radius 2 is 1.79 bits per heavy atom. The van der Waals surface area contributed by atoms with Crippen molar-refractivity contribution in [3.05, 3.63) is 63.2 Å². The molecule has 96 valence electrons. The van der Waals surface area contributed by atoms with Gasteiger partial charge >= 0.3 is 0 Å². The average Bonchev–Trinajstić information content (AvgIpc) is 2.76. The largest absolute Gasteiger partial charge is 0.273 e. The summed E-state index contributed by atoms with van der Waals surface area (Å²) in [6.07, 6.45) is 1.91. The van der Waals surface area contributed by atoms with Gasteiger partial charge in [0.25, 0.3) is 11.1 Å². The fourth-order valence-corrected chi connectivity index (χ4v) is 3.50. The van der Waals surface area contributed by atoms with Gasteiger partial charge in [0.15, 0.2) is 0 Å². The molecule has 0 amide bonds. The summed E-state index contributed by atoms with van der Waals surface area (Å²) in [5, 5.41) is 0. The topological polar surface area (TPSA) is 43.5 Å². The van der Waals surface area contributed by atoms with Gasteiger partial charge in [-0.05, 0) is 18.4 Å². The van der Waals surface area contributed by atoms with Gasteiger partial charge in [0.1, 0.15) is 4.83 Å². The Hall–Kier alpha value is -1.79. The molecule has 0 atom stereocenters. The van der Waals surface area contributed by atoms with E-state index in [9.17, 15) is 9.59 Å². The van der Waals surface area contributed by atoms with Crippen molar-refractivity contribution in [2.45, 2.75) is 4.21 Å². The van der Waals surface area contributed by atoms with Crippen LogP contribution in [0.3, 0.4) is 0 Å². The minimum absolute atomic E-state index is 0.191. The Morgan fingerprint density at radius 1 is 1.05 bits per heavy atom. The highest BCUT2D eigenvalue weighted by molar-refractivity contribution is 8.00. The van der Waals surface area contributed by atoms with Crippen molar-refractivity contribution in [2.24, 2.45) is 0 Å². The van der Waals surface area contributed by atoms with E-state index in [1.807, 2.05) is 24.5 Å². The standard InChI is InChI=1S/C13H10N2O2S2/c1-18-13-8-11(17)15-12(19-13)7-10(16)14(15)9-5-3-2-4-6-9/h2-8H,1H3. The lowest BCUT2D eigenvalue weighted by atomic mass is 10.3. The summed E-state index contributed by atoms with van der Waals surface area (Å²) < 4.78 is 3.72. The molecule has 0 bridgehead atoms. The number of hydrogen-bond acceptors (Lipinski definition) is 4. The first-order valence-corrected chi connectivity index (χ1v) is 7.63. The smallest absolute Gasteiger partial charge is 0.267 e. The minimum Gasteiger partial charge on any atom is -0.267 e. The average molecular weight is 290 g/mol. The van der Waals surface area contributed by atoms with E-state index < -0.39 is 0 Å². The number of para-hydroxylation sites is 1. The van der Waals surface area contributed by atoms with Gasteiger partial charge in [0.2, 0.25) is 0 Å². The lowest BCUT2D eigenvalue weighted by Crippen LogP contribution is -2.24. The highest BCUT2D eigenvalue weighted by atomic mass is 32.2. The summed E-state index contributed by atoms with van der Waals surface area (Å²) in [5.74, 6) is 0. The molecule has 2 aromatic heterocycles. The second kappa shape index (κ2) is 4.71. The van der Waals surface area contributed by atoms with Crippen LogP contribution < -0.4 is 11.1 Å². The van der Waals surface area contributed by atoms with Gasteiger partial charge < -0.3 is 0 Å². The maximum atomic E-state index is 12.2. The quantitative estimate of drug-likeness (QED) is 0.680. The molecule has 6 heteroatoms. The highest BCUT2D eigenvalue weighted by Crippen LogP contribution is 2.21. The SMILES string of the molecule is CSc1cc(=O)n2c(cc(=O)n2-c2ccccc2)s1. The second-order valence-electron chi connectivity index (χ2n) is 3.89. The van der Waals surface area contributed by atoms with E-state index in [-0.39, 0.29) is 11.1 Å². The van der Waals surface area contributed by atoms with Crippen LogP contribution in [0.25, 0.3) is 10.5 Å². The minimum atomic E-state index is -0.196. The van der Waals surface area contributed by atoms with Crippen LogP contribution in [0.1, 0.15) is 0 Å². The van der Waals surface area contributed by atoms with E-state index >= 15 is 0 Å². The predicted molar refractivity (Wildman–Crippen MR) is 78.9 cm³/mol. The molecule has 0 saturated heterocycles. The monoisotopic (exact) mass is 290 g/mol. The summed E-state index contributed by atoms with van der Waals surface area (Å²) >= 11 is 2.94. The number of rotatable bonds is 2. The molecule has 4 nitrogen and oxygen atoms in total. The molecule has 0 aliphatic rings. The third kappa shape index (κ3) is 2.02. The molecular formula is C13H10N2O2S2. The van der Waals surface area contributed by atoms with Crippen LogP contribution in [-0.2, 0) is 0 Å². The summed E-state index contributed by atoms with van der Waals surface area (Å²) in [7, 11) is 0. The van der Waals surface area contributed by atoms with Gasteiger partial charge in [-0.25, -0.2) is 4.68 Å². The van der Waals surface area contributed by atoms with Gasteiger partial charge in [-0.1, -0.05) is 18.2 Å². The predicted octanol–water partition coefficient (Wildman–Crippen LogP) is 2.23. The van der Waals surface area contributed by atoms with Crippen molar-refractivity contribution in [3.8, 4) is 5.69 Å². The van der Waals surface area contributed by atoms with Crippen LogP contribution in [-0.4, -0.2) is 15.5 Å². The lowest BCUT2D eigenvalue weighted by Gasteiger charge is -2.05. The third-order valence-corrected chi connectivity index (χ3v) is 4.81. The number of benzene rings is 1. The van der Waals surface area contributed by atoms with Gasteiger partial charge in [-0.2, -0.15) is 4.52 Å². The fraction of sp³-hybridized carbons (Fsp3) is 0.0769. The second-order valence-corrected chi connectivity index (χ2v) is 6.06. The van der Waals surface area contributed by atoms with Crippen molar-refractivity contribution in [2.75, 3.05) is 6.26 Å². The van der Waals surface area contributed by atoms with Crippen LogP contribution >= 0.6 is 23.1 Å². The molecule has 0 saturated carbocycles. The third-order valence-electron chi connectivity index (χ3n) is 2.72. The maximum absolute atomic E-state index is 12.2. The molecule has 3 rings (SSSR count). The Morgan fingerprint density at radius 3 is 2.47 bits per heavy atom. The van der Waals surface area contributed by atoms with E-state index in [1.54, 1.807) is 18.2 Å². The van der Waals surface area contributed by atoms with Crippen molar-refractivity contribution in [1.29, 1.82) is 0 Å². The molecule has 2 heterocycles. The fourth-order valence-electron chi connectivity index (χ4n) is 1.91. The van der Waals surface area contributed by atoms with E-state index in [0.717, 1.165) is 4.21 Å². The zero-order valence-corrected chi connectivity index (χ0v) is 11.7. The Balaban J connectivity index is 2.41. The van der Waals surface area contributed by atoms with Crippen LogP contribution in [0.2, 0.25) is 0 Å². The molecule has 0 N–H and O–H groups in total. The molecule has 3 aromatic rings. The number of nitrogens with zero attached hydrogens (tertiary/aromatic N) is 2. The summed E-state index contributed by atoms with van der Waals surface area (Å²) in [6, 6.07) is 12.2. The Labute approximate surface area is 116 Å². The number of thioether (sulfide) groups is 1. The highest BCUT2D eigenvalue weighted by Gasteiger charge is 2.11. The van der Waals surface area contributed by atoms with Crippen LogP contribution in [0.5, 0.6) is 0 Å². The van der Waals surface area contributed by atoms with Crippen LogP contribution in [0.4, 0.5) is 0 Å². The van der Waals surface area contributed by atoms with Crippen molar-refractivity contribution in [1.82, 2.24) is 9.20 Å². The van der Waals surface area contributed by atoms with Gasteiger partial charge in [0.05, 0.1) is 9.90 Å². The number of fused-ring (bicyclic) bond motifs is 1. The molecule has 19 heavy (non-hydrogen) atoms. The molecule has 0 fully saturated rings. The zero-order chi connectivity index (χ0) is 13.4.